The molecule has 2 N–H and O–H groups in total. The molecule has 13 heteroatoms. The van der Waals surface area contributed by atoms with Crippen molar-refractivity contribution in [2.24, 2.45) is 0 Å². The molecule has 1 heterocycles. The average Bonchev–Trinajstić information content (AvgIpc) is 2.89. The Labute approximate surface area is 153 Å². The molecule has 2 aromatic carbocycles. The smallest absolute Gasteiger partial charge is 0.423 e. The molecule has 11 nitrogen and oxygen atoms in total. The number of nitro groups is 2. The van der Waals surface area contributed by atoms with Gasteiger partial charge in [0.2, 0.25) is 6.54 Å². The summed E-state index contributed by atoms with van der Waals surface area (Å²) in [6, 6.07) is 8.47. The summed E-state index contributed by atoms with van der Waals surface area (Å²) in [6.45, 7) is -0.530. The van der Waals surface area contributed by atoms with Crippen LogP contribution in [0.5, 0.6) is 0 Å². The first-order valence-corrected chi connectivity index (χ1v) is 9.02. The molecule has 3 rings (SSSR count). The molecule has 0 saturated carbocycles. The number of nitrogens with one attached hydrogen (secondary N) is 1. The van der Waals surface area contributed by atoms with Crippen LogP contribution in [0.15, 0.2) is 47.4 Å². The van der Waals surface area contributed by atoms with Crippen molar-refractivity contribution in [3.63, 3.8) is 0 Å². The third-order valence-electron chi connectivity index (χ3n) is 3.92. The Balaban J connectivity index is 1.84. The SMILES string of the molecule is O=[N+]([O-])CC1OB(O)c2cc(NS(=O)(=O)c3ccc([N+](=O)[O-])cc3)ccc21. The molecule has 0 aromatic heterocycles. The quantitative estimate of drug-likeness (QED) is 0.406. The van der Waals surface area contributed by atoms with Gasteiger partial charge >= 0.3 is 7.12 Å². The highest BCUT2D eigenvalue weighted by Crippen LogP contribution is 2.26. The van der Waals surface area contributed by atoms with E-state index >= 15 is 0 Å². The summed E-state index contributed by atoms with van der Waals surface area (Å²) in [5.74, 6) is 0. The van der Waals surface area contributed by atoms with Crippen molar-refractivity contribution in [2.45, 2.75) is 11.0 Å². The average molecular weight is 393 g/mol. The van der Waals surface area contributed by atoms with Crippen LogP contribution in [0.25, 0.3) is 0 Å². The Kier molecular flexibility index (Phi) is 4.82. The third kappa shape index (κ3) is 3.89. The van der Waals surface area contributed by atoms with Gasteiger partial charge in [-0.05, 0) is 35.3 Å². The molecule has 0 fully saturated rings. The lowest BCUT2D eigenvalue weighted by molar-refractivity contribution is -0.490. The van der Waals surface area contributed by atoms with E-state index in [1.165, 1.54) is 18.2 Å². The molecule has 1 unspecified atom stereocenters. The highest BCUT2D eigenvalue weighted by atomic mass is 32.2. The summed E-state index contributed by atoms with van der Waals surface area (Å²) < 4.78 is 32.2. The van der Waals surface area contributed by atoms with E-state index < -0.39 is 39.6 Å². The summed E-state index contributed by atoms with van der Waals surface area (Å²) in [7, 11) is -5.44. The summed E-state index contributed by atoms with van der Waals surface area (Å²) in [5.41, 5.74) is 0.489. The first-order valence-electron chi connectivity index (χ1n) is 7.54. The summed E-state index contributed by atoms with van der Waals surface area (Å²) in [4.78, 5) is 19.9. The number of non-ortho nitro benzene ring substituents is 1. The fraction of sp³-hybridized carbons (Fsp3) is 0.143. The van der Waals surface area contributed by atoms with Crippen LogP contribution in [0.3, 0.4) is 0 Å². The van der Waals surface area contributed by atoms with E-state index in [2.05, 4.69) is 4.72 Å². The number of fused-ring (bicyclic) bond motifs is 1. The minimum Gasteiger partial charge on any atom is -0.423 e. The minimum absolute atomic E-state index is 0.108. The topological polar surface area (TPSA) is 162 Å². The maximum atomic E-state index is 12.4. The monoisotopic (exact) mass is 393 g/mol. The normalized spacial score (nSPS) is 16.0. The van der Waals surface area contributed by atoms with Crippen molar-refractivity contribution in [2.75, 3.05) is 11.3 Å². The van der Waals surface area contributed by atoms with Crippen molar-refractivity contribution in [3.05, 3.63) is 68.3 Å². The Bertz CT molecular complexity index is 1010. The van der Waals surface area contributed by atoms with Gasteiger partial charge in [0.1, 0.15) is 6.10 Å². The zero-order chi connectivity index (χ0) is 19.8. The second-order valence-electron chi connectivity index (χ2n) is 5.69. The molecule has 0 amide bonds. The van der Waals surface area contributed by atoms with Crippen LogP contribution in [-0.2, 0) is 14.7 Å². The van der Waals surface area contributed by atoms with Crippen LogP contribution in [0, 0.1) is 20.2 Å². The molecule has 2 aromatic rings. The lowest BCUT2D eigenvalue weighted by atomic mass is 9.79. The number of nitro benzene ring substituents is 1. The van der Waals surface area contributed by atoms with Crippen molar-refractivity contribution in [1.82, 2.24) is 0 Å². The van der Waals surface area contributed by atoms with Crippen molar-refractivity contribution >= 4 is 34.0 Å². The second-order valence-corrected chi connectivity index (χ2v) is 7.38. The second kappa shape index (κ2) is 6.94. The third-order valence-corrected chi connectivity index (χ3v) is 5.32. The van der Waals surface area contributed by atoms with Crippen LogP contribution in [0.2, 0.25) is 0 Å². The summed E-state index contributed by atoms with van der Waals surface area (Å²) in [6.07, 6.45) is -0.926. The zero-order valence-electron chi connectivity index (χ0n) is 13.5. The number of hydrogen-bond acceptors (Lipinski definition) is 8. The Morgan fingerprint density at radius 1 is 1.15 bits per heavy atom. The van der Waals surface area contributed by atoms with Gasteiger partial charge in [0, 0.05) is 22.7 Å². The van der Waals surface area contributed by atoms with Gasteiger partial charge in [-0.25, -0.2) is 8.42 Å². The maximum absolute atomic E-state index is 12.4. The molecule has 0 spiro atoms. The molecule has 1 atom stereocenters. The van der Waals surface area contributed by atoms with Crippen LogP contribution in [0.4, 0.5) is 11.4 Å². The molecule has 1 aliphatic rings. The highest BCUT2D eigenvalue weighted by molar-refractivity contribution is 7.92. The van der Waals surface area contributed by atoms with Gasteiger partial charge in [-0.15, -0.1) is 0 Å². The van der Waals surface area contributed by atoms with Gasteiger partial charge in [0.25, 0.3) is 15.7 Å². The first-order chi connectivity index (χ1) is 12.7. The summed E-state index contributed by atoms with van der Waals surface area (Å²) in [5, 5.41) is 31.2. The molecule has 140 valence electrons. The standard InChI is InChI=1S/C14H12BN3O8S/c19-15-13-7-9(1-6-12(13)14(26-15)8-17(20)21)16-27(24,25)11-4-2-10(3-5-11)18(22)23/h1-7,14,16,19H,8H2. The molecule has 27 heavy (non-hydrogen) atoms. The van der Waals surface area contributed by atoms with E-state index in [0.717, 1.165) is 24.3 Å². The van der Waals surface area contributed by atoms with E-state index in [0.29, 0.717) is 5.56 Å². The number of hydrogen-bond donors (Lipinski definition) is 2. The number of rotatable bonds is 6. The Hall–Kier alpha value is -3.03. The molecule has 0 bridgehead atoms. The van der Waals surface area contributed by atoms with Gasteiger partial charge in [0.05, 0.1) is 9.82 Å². The van der Waals surface area contributed by atoms with Gasteiger partial charge in [-0.1, -0.05) is 6.07 Å². The van der Waals surface area contributed by atoms with Crippen LogP contribution in [-0.4, -0.2) is 37.0 Å². The Morgan fingerprint density at radius 2 is 1.81 bits per heavy atom. The van der Waals surface area contributed by atoms with Crippen LogP contribution in [0.1, 0.15) is 11.7 Å². The van der Waals surface area contributed by atoms with Gasteiger partial charge in [0.15, 0.2) is 0 Å². The molecule has 0 aliphatic carbocycles. The molecule has 0 radical (unpaired) electrons. The number of benzene rings is 2. The number of sulfonamides is 1. The molecule has 0 saturated heterocycles. The van der Waals surface area contributed by atoms with Gasteiger partial charge in [-0.3, -0.25) is 25.0 Å². The van der Waals surface area contributed by atoms with Gasteiger partial charge < -0.3 is 9.68 Å². The van der Waals surface area contributed by atoms with Crippen LogP contribution >= 0.6 is 0 Å². The largest absolute Gasteiger partial charge is 0.492 e. The first kappa shape index (κ1) is 18.8. The molecular weight excluding hydrogens is 381 g/mol. The lowest BCUT2D eigenvalue weighted by Crippen LogP contribution is -2.28. The minimum atomic E-state index is -4.03. The predicted octanol–water partition coefficient (Wildman–Crippen LogP) is 0.431. The van der Waals surface area contributed by atoms with Crippen LogP contribution < -0.4 is 10.2 Å². The summed E-state index contributed by atoms with van der Waals surface area (Å²) >= 11 is 0. The fourth-order valence-electron chi connectivity index (χ4n) is 2.69. The van der Waals surface area contributed by atoms with E-state index in [-0.39, 0.29) is 21.7 Å². The van der Waals surface area contributed by atoms with Crippen molar-refractivity contribution in [3.8, 4) is 0 Å². The predicted molar refractivity (Wildman–Crippen MR) is 93.6 cm³/mol. The maximum Gasteiger partial charge on any atom is 0.492 e. The number of nitrogens with zero attached hydrogens (tertiary/aromatic N) is 2. The van der Waals surface area contributed by atoms with E-state index in [4.69, 9.17) is 4.65 Å². The molecular formula is C14H12BN3O8S. The van der Waals surface area contributed by atoms with E-state index in [9.17, 15) is 33.7 Å². The lowest BCUT2D eigenvalue weighted by Gasteiger charge is -2.10. The van der Waals surface area contributed by atoms with E-state index in [1.54, 1.807) is 0 Å². The van der Waals surface area contributed by atoms with Crippen molar-refractivity contribution < 1.29 is 27.9 Å². The number of anilines is 1. The Morgan fingerprint density at radius 3 is 2.41 bits per heavy atom. The van der Waals surface area contributed by atoms with Crippen molar-refractivity contribution in [1.29, 1.82) is 0 Å². The highest BCUT2D eigenvalue weighted by Gasteiger charge is 2.38. The molecule has 1 aliphatic heterocycles. The zero-order valence-corrected chi connectivity index (χ0v) is 14.3. The fourth-order valence-corrected chi connectivity index (χ4v) is 3.73. The van der Waals surface area contributed by atoms with E-state index in [1.807, 2.05) is 0 Å². The van der Waals surface area contributed by atoms with Gasteiger partial charge in [-0.2, -0.15) is 0 Å².